The van der Waals surface area contributed by atoms with E-state index in [0.717, 1.165) is 16.7 Å². The predicted octanol–water partition coefficient (Wildman–Crippen LogP) is 3.30. The maximum Gasteiger partial charge on any atom is 0.295 e. The number of hydrogen-bond donors (Lipinski definition) is 1. The summed E-state index contributed by atoms with van der Waals surface area (Å²) in [7, 11) is 5.33. The first-order valence-electron chi connectivity index (χ1n) is 9.89. The Hall–Kier alpha value is -3.12. The molecule has 0 aliphatic carbocycles. The van der Waals surface area contributed by atoms with Crippen LogP contribution in [0, 0.1) is 13.8 Å². The molecule has 1 atom stereocenters. The number of methoxy groups -OCH3 is 1. The third-order valence-corrected chi connectivity index (χ3v) is 5.30. The molecule has 6 heteroatoms. The van der Waals surface area contributed by atoms with Gasteiger partial charge in [-0.3, -0.25) is 9.59 Å². The molecule has 1 amide bonds. The maximum absolute atomic E-state index is 13.1. The van der Waals surface area contributed by atoms with Crippen molar-refractivity contribution in [3.8, 4) is 5.75 Å². The monoisotopic (exact) mass is 408 g/mol. The smallest absolute Gasteiger partial charge is 0.295 e. The van der Waals surface area contributed by atoms with Gasteiger partial charge in [-0.2, -0.15) is 0 Å². The van der Waals surface area contributed by atoms with E-state index < -0.39 is 17.7 Å². The molecule has 0 bridgehead atoms. The Balaban J connectivity index is 2.22. The van der Waals surface area contributed by atoms with Crippen LogP contribution >= 0.6 is 0 Å². The lowest BCUT2D eigenvalue weighted by Gasteiger charge is -2.27. The van der Waals surface area contributed by atoms with Crippen molar-refractivity contribution in [3.05, 3.63) is 70.3 Å². The highest BCUT2D eigenvalue weighted by molar-refractivity contribution is 6.46. The van der Waals surface area contributed by atoms with Gasteiger partial charge in [-0.1, -0.05) is 41.5 Å². The molecule has 0 saturated carbocycles. The fourth-order valence-corrected chi connectivity index (χ4v) is 3.76. The fraction of sp³-hybridized carbons (Fsp3) is 0.333. The number of amides is 1. The molecule has 158 valence electrons. The van der Waals surface area contributed by atoms with Crippen molar-refractivity contribution >= 4 is 17.4 Å². The number of carbonyl (C=O) groups excluding carboxylic acids is 2. The molecule has 0 aromatic heterocycles. The van der Waals surface area contributed by atoms with Crippen LogP contribution in [-0.2, 0) is 9.59 Å². The van der Waals surface area contributed by atoms with Gasteiger partial charge in [0.15, 0.2) is 0 Å². The van der Waals surface area contributed by atoms with E-state index in [4.69, 9.17) is 4.74 Å². The van der Waals surface area contributed by atoms with Gasteiger partial charge in [0.1, 0.15) is 11.5 Å². The quantitative estimate of drug-likeness (QED) is 0.451. The lowest BCUT2D eigenvalue weighted by Crippen LogP contribution is -2.35. The van der Waals surface area contributed by atoms with Crippen molar-refractivity contribution in [1.82, 2.24) is 9.80 Å². The number of carbonyl (C=O) groups is 2. The summed E-state index contributed by atoms with van der Waals surface area (Å²) in [5, 5.41) is 11.2. The molecule has 6 nitrogen and oxygen atoms in total. The van der Waals surface area contributed by atoms with E-state index in [1.54, 1.807) is 17.0 Å². The van der Waals surface area contributed by atoms with Crippen LogP contribution in [0.2, 0.25) is 0 Å². The topological polar surface area (TPSA) is 70.1 Å². The van der Waals surface area contributed by atoms with Crippen molar-refractivity contribution in [2.45, 2.75) is 19.9 Å². The Kier molecular flexibility index (Phi) is 6.27. The van der Waals surface area contributed by atoms with Gasteiger partial charge in [0.2, 0.25) is 0 Å². The molecule has 1 aliphatic heterocycles. The lowest BCUT2D eigenvalue weighted by molar-refractivity contribution is -0.140. The van der Waals surface area contributed by atoms with Crippen LogP contribution in [0.5, 0.6) is 5.75 Å². The van der Waals surface area contributed by atoms with E-state index in [2.05, 4.69) is 0 Å². The Morgan fingerprint density at radius 1 is 1.10 bits per heavy atom. The number of ketones is 1. The summed E-state index contributed by atoms with van der Waals surface area (Å²) in [4.78, 5) is 29.5. The number of likely N-dealkylation sites (N-methyl/N-ethyl adjacent to an activating group) is 1. The Morgan fingerprint density at radius 2 is 1.80 bits per heavy atom. The summed E-state index contributed by atoms with van der Waals surface area (Å²) >= 11 is 0. The highest BCUT2D eigenvalue weighted by atomic mass is 16.5. The molecule has 1 N–H and O–H groups in total. The average molecular weight is 408 g/mol. The molecule has 1 heterocycles. The Labute approximate surface area is 177 Å². The highest BCUT2D eigenvalue weighted by Crippen LogP contribution is 2.41. The summed E-state index contributed by atoms with van der Waals surface area (Å²) in [6.45, 7) is 4.82. The molecule has 30 heavy (non-hydrogen) atoms. The summed E-state index contributed by atoms with van der Waals surface area (Å²) in [6, 6.07) is 12.4. The van der Waals surface area contributed by atoms with E-state index in [1.807, 2.05) is 63.2 Å². The molecule has 1 saturated heterocycles. The lowest BCUT2D eigenvalue weighted by atomic mass is 9.93. The van der Waals surface area contributed by atoms with Crippen LogP contribution in [-0.4, -0.2) is 60.9 Å². The Morgan fingerprint density at radius 3 is 2.43 bits per heavy atom. The normalized spacial score (nSPS) is 18.3. The molecule has 0 spiro atoms. The molecule has 2 aromatic rings. The number of nitrogens with zero attached hydrogens (tertiary/aromatic N) is 2. The van der Waals surface area contributed by atoms with Crippen LogP contribution in [0.15, 0.2) is 48.0 Å². The summed E-state index contributed by atoms with van der Waals surface area (Å²) < 4.78 is 5.40. The van der Waals surface area contributed by atoms with E-state index in [1.165, 1.54) is 7.11 Å². The van der Waals surface area contributed by atoms with E-state index in [-0.39, 0.29) is 11.3 Å². The summed E-state index contributed by atoms with van der Waals surface area (Å²) in [5.41, 5.74) is 3.21. The third kappa shape index (κ3) is 4.09. The maximum atomic E-state index is 13.1. The van der Waals surface area contributed by atoms with Crippen molar-refractivity contribution in [3.63, 3.8) is 0 Å². The van der Waals surface area contributed by atoms with Crippen molar-refractivity contribution < 1.29 is 19.4 Å². The van der Waals surface area contributed by atoms with Crippen LogP contribution in [0.1, 0.15) is 28.3 Å². The molecule has 2 aromatic carbocycles. The van der Waals surface area contributed by atoms with Crippen LogP contribution < -0.4 is 4.74 Å². The second kappa shape index (κ2) is 8.71. The molecular formula is C24H28N2O4. The number of aliphatic hydroxyl groups excluding tert-OH is 1. The van der Waals surface area contributed by atoms with Gasteiger partial charge < -0.3 is 19.6 Å². The highest BCUT2D eigenvalue weighted by Gasteiger charge is 2.46. The predicted molar refractivity (Wildman–Crippen MR) is 116 cm³/mol. The van der Waals surface area contributed by atoms with Crippen molar-refractivity contribution in [2.75, 3.05) is 34.3 Å². The molecule has 1 fully saturated rings. The van der Waals surface area contributed by atoms with Gasteiger partial charge in [-0.05, 0) is 45.6 Å². The first-order chi connectivity index (χ1) is 14.2. The van der Waals surface area contributed by atoms with Gasteiger partial charge in [0, 0.05) is 13.1 Å². The number of rotatable bonds is 6. The Bertz CT molecular complexity index is 1010. The zero-order valence-electron chi connectivity index (χ0n) is 18.1. The number of aryl methyl sites for hydroxylation is 2. The zero-order valence-corrected chi connectivity index (χ0v) is 18.1. The van der Waals surface area contributed by atoms with Crippen LogP contribution in [0.4, 0.5) is 0 Å². The number of ether oxygens (including phenoxy) is 1. The first-order valence-corrected chi connectivity index (χ1v) is 9.89. The number of hydrogen-bond acceptors (Lipinski definition) is 5. The second-order valence-electron chi connectivity index (χ2n) is 7.91. The van der Waals surface area contributed by atoms with E-state index >= 15 is 0 Å². The van der Waals surface area contributed by atoms with Crippen LogP contribution in [0.3, 0.4) is 0 Å². The van der Waals surface area contributed by atoms with Crippen LogP contribution in [0.25, 0.3) is 5.76 Å². The first kappa shape index (κ1) is 21.6. The van der Waals surface area contributed by atoms with Crippen molar-refractivity contribution in [1.29, 1.82) is 0 Å². The average Bonchev–Trinajstić information content (AvgIpc) is 2.96. The van der Waals surface area contributed by atoms with E-state index in [9.17, 15) is 14.7 Å². The summed E-state index contributed by atoms with van der Waals surface area (Å²) in [6.07, 6.45) is 0. The number of aliphatic hydroxyl groups is 1. The van der Waals surface area contributed by atoms with Gasteiger partial charge in [-0.15, -0.1) is 0 Å². The molecule has 1 aliphatic rings. The molecule has 3 rings (SSSR count). The minimum absolute atomic E-state index is 0.0910. The number of likely N-dealkylation sites (tertiary alicyclic amines) is 1. The second-order valence-corrected chi connectivity index (χ2v) is 7.91. The van der Waals surface area contributed by atoms with Gasteiger partial charge in [-0.25, -0.2) is 0 Å². The van der Waals surface area contributed by atoms with E-state index in [0.29, 0.717) is 24.4 Å². The van der Waals surface area contributed by atoms with Gasteiger partial charge in [0.25, 0.3) is 11.7 Å². The minimum Gasteiger partial charge on any atom is -0.507 e. The van der Waals surface area contributed by atoms with Crippen molar-refractivity contribution in [2.24, 2.45) is 0 Å². The molecule has 0 radical (unpaired) electrons. The standard InChI is InChI=1S/C24H28N2O4/c1-15-7-6-8-17(13-15)21-20(23(28)24(29)26(21)12-11-25(3)4)22(27)18-14-16(2)9-10-19(18)30-5/h6-10,13-14,21,27H,11-12H2,1-5H3/b22-20+. The zero-order chi connectivity index (χ0) is 22.0. The third-order valence-electron chi connectivity index (χ3n) is 5.30. The summed E-state index contributed by atoms with van der Waals surface area (Å²) in [5.74, 6) is -1.05. The SMILES string of the molecule is COc1ccc(C)cc1/C(O)=C1\C(=O)C(=O)N(CCN(C)C)C1c1cccc(C)c1. The number of benzene rings is 2. The largest absolute Gasteiger partial charge is 0.507 e. The minimum atomic E-state index is -0.679. The van der Waals surface area contributed by atoms with Gasteiger partial charge in [0.05, 0.1) is 24.3 Å². The molecule has 1 unspecified atom stereocenters. The number of Topliss-reactive ketones (excluding diaryl/α,β-unsaturated/α-hetero) is 1. The van der Waals surface area contributed by atoms with Gasteiger partial charge >= 0.3 is 0 Å². The molecular weight excluding hydrogens is 380 g/mol. The fourth-order valence-electron chi connectivity index (χ4n) is 3.76.